The van der Waals surface area contributed by atoms with E-state index in [1.54, 1.807) is 0 Å². The maximum absolute atomic E-state index is 5.91. The van der Waals surface area contributed by atoms with Crippen LogP contribution in [0, 0.1) is 0 Å². The molecule has 2 rings (SSSR count). The lowest BCUT2D eigenvalue weighted by molar-refractivity contribution is 0.00578. The van der Waals surface area contributed by atoms with Gasteiger partial charge < -0.3 is 13.9 Å². The first-order valence-electron chi connectivity index (χ1n) is 6.46. The van der Waals surface area contributed by atoms with E-state index >= 15 is 0 Å². The van der Waals surface area contributed by atoms with Gasteiger partial charge in [0.1, 0.15) is 5.84 Å². The van der Waals surface area contributed by atoms with E-state index in [9.17, 15) is 0 Å². The molecule has 102 valence electrons. The Kier molecular flexibility index (Phi) is 3.45. The molecular weight excluding hydrogens is 239 g/mol. The second kappa shape index (κ2) is 4.65. The van der Waals surface area contributed by atoms with Crippen LogP contribution in [0.5, 0.6) is 0 Å². The van der Waals surface area contributed by atoms with Crippen molar-refractivity contribution >= 4 is 13.0 Å². The second-order valence-corrected chi connectivity index (χ2v) is 5.83. The van der Waals surface area contributed by atoms with Gasteiger partial charge in [0, 0.05) is 12.4 Å². The van der Waals surface area contributed by atoms with Crippen LogP contribution in [0.25, 0.3) is 0 Å². The molecule has 1 aromatic rings. The van der Waals surface area contributed by atoms with Crippen LogP contribution < -0.4 is 0 Å². The molecule has 0 atom stereocenters. The molecule has 1 saturated heterocycles. The minimum atomic E-state index is -0.490. The summed E-state index contributed by atoms with van der Waals surface area (Å²) in [6, 6.07) is 3.91. The van der Waals surface area contributed by atoms with E-state index in [4.69, 9.17) is 9.31 Å². The van der Waals surface area contributed by atoms with Crippen LogP contribution >= 0.6 is 0 Å². The van der Waals surface area contributed by atoms with Gasteiger partial charge in [0.15, 0.2) is 0 Å². The van der Waals surface area contributed by atoms with Crippen LogP contribution in [-0.4, -0.2) is 28.7 Å². The summed E-state index contributed by atoms with van der Waals surface area (Å²) in [6.07, 6.45) is 3.88. The van der Waals surface area contributed by atoms with Crippen molar-refractivity contribution < 1.29 is 9.31 Å². The van der Waals surface area contributed by atoms with Crippen LogP contribution in [0.4, 0.5) is 0 Å². The molecule has 1 fully saturated rings. The smallest absolute Gasteiger partial charge is 0.398 e. The van der Waals surface area contributed by atoms with E-state index < -0.39 is 7.12 Å². The number of nitrogens with zero attached hydrogens (tertiary/aromatic N) is 2. The van der Waals surface area contributed by atoms with Crippen molar-refractivity contribution in [3.63, 3.8) is 0 Å². The predicted octanol–water partition coefficient (Wildman–Crippen LogP) is 2.90. The molecule has 2 heterocycles. The topological polar surface area (TPSA) is 35.8 Å². The summed E-state index contributed by atoms with van der Waals surface area (Å²) in [6.45, 7) is 14.0. The standard InChI is InChI=1S/C14H21BN2O2/c1-11(16-12(2)17-9-7-8-10-17)15-18-13(3,4)14(5,6)19-15/h7-10H,1H2,2-6H3/b16-12+. The molecular formula is C14H21BN2O2. The van der Waals surface area contributed by atoms with Crippen molar-refractivity contribution in [2.45, 2.75) is 45.8 Å². The van der Waals surface area contributed by atoms with Crippen LogP contribution in [0.3, 0.4) is 0 Å². The van der Waals surface area contributed by atoms with Gasteiger partial charge in [0.25, 0.3) is 0 Å². The molecule has 0 amide bonds. The molecule has 0 saturated carbocycles. The third kappa shape index (κ3) is 2.67. The zero-order chi connectivity index (χ0) is 14.3. The zero-order valence-electron chi connectivity index (χ0n) is 12.3. The molecule has 1 aromatic heterocycles. The molecule has 0 bridgehead atoms. The summed E-state index contributed by atoms with van der Waals surface area (Å²) in [5, 5.41) is 0. The van der Waals surface area contributed by atoms with E-state index in [0.717, 1.165) is 5.84 Å². The zero-order valence-corrected chi connectivity index (χ0v) is 12.3. The maximum atomic E-state index is 5.91. The Balaban J connectivity index is 2.13. The first kappa shape index (κ1) is 14.1. The largest absolute Gasteiger partial charge is 0.513 e. The first-order chi connectivity index (χ1) is 8.73. The summed E-state index contributed by atoms with van der Waals surface area (Å²) in [5.41, 5.74) is -0.139. The fourth-order valence-corrected chi connectivity index (χ4v) is 1.85. The molecule has 0 aliphatic carbocycles. The minimum Gasteiger partial charge on any atom is -0.398 e. The van der Waals surface area contributed by atoms with Gasteiger partial charge in [0.2, 0.25) is 0 Å². The van der Waals surface area contributed by atoms with Crippen LogP contribution in [0.1, 0.15) is 34.6 Å². The molecule has 5 heteroatoms. The number of hydrogen-bond acceptors (Lipinski definition) is 3. The summed E-state index contributed by atoms with van der Waals surface area (Å²) in [4.78, 5) is 4.47. The van der Waals surface area contributed by atoms with Gasteiger partial charge in [-0.3, -0.25) is 0 Å². The number of hydrogen-bond donors (Lipinski definition) is 0. The monoisotopic (exact) mass is 260 g/mol. The van der Waals surface area contributed by atoms with Crippen molar-refractivity contribution in [3.8, 4) is 0 Å². The molecule has 0 spiro atoms. The highest BCUT2D eigenvalue weighted by atomic mass is 16.7. The van der Waals surface area contributed by atoms with Gasteiger partial charge in [-0.05, 0) is 46.8 Å². The quantitative estimate of drug-likeness (QED) is 0.465. The molecule has 19 heavy (non-hydrogen) atoms. The third-order valence-electron chi connectivity index (χ3n) is 3.81. The molecule has 0 unspecified atom stereocenters. The lowest BCUT2D eigenvalue weighted by Gasteiger charge is -2.32. The van der Waals surface area contributed by atoms with Gasteiger partial charge in [-0.25, -0.2) is 4.99 Å². The normalized spacial score (nSPS) is 21.7. The van der Waals surface area contributed by atoms with Crippen molar-refractivity contribution in [1.29, 1.82) is 0 Å². The third-order valence-corrected chi connectivity index (χ3v) is 3.81. The molecule has 0 N–H and O–H groups in total. The fourth-order valence-electron chi connectivity index (χ4n) is 1.85. The molecule has 0 aromatic carbocycles. The highest BCUT2D eigenvalue weighted by Crippen LogP contribution is 2.38. The summed E-state index contributed by atoms with van der Waals surface area (Å²) >= 11 is 0. The van der Waals surface area contributed by atoms with Crippen molar-refractivity contribution in [3.05, 3.63) is 36.7 Å². The van der Waals surface area contributed by atoms with Gasteiger partial charge >= 0.3 is 7.12 Å². The number of aromatic nitrogens is 1. The van der Waals surface area contributed by atoms with E-state index in [2.05, 4.69) is 11.6 Å². The Labute approximate surface area is 115 Å². The number of aliphatic imine (C=N–C) groups is 1. The summed E-state index contributed by atoms with van der Waals surface area (Å²) in [5.74, 6) is 0.838. The van der Waals surface area contributed by atoms with Crippen molar-refractivity contribution in [2.24, 2.45) is 4.99 Å². The highest BCUT2D eigenvalue weighted by molar-refractivity contribution is 6.54. The Bertz CT molecular complexity index is 488. The Morgan fingerprint density at radius 2 is 1.58 bits per heavy atom. The second-order valence-electron chi connectivity index (χ2n) is 5.83. The Morgan fingerprint density at radius 1 is 1.11 bits per heavy atom. The molecule has 4 nitrogen and oxygen atoms in total. The average Bonchev–Trinajstić information content (AvgIpc) is 2.86. The molecule has 1 aliphatic heterocycles. The number of rotatable bonds is 2. The van der Waals surface area contributed by atoms with Gasteiger partial charge in [-0.1, -0.05) is 6.58 Å². The first-order valence-corrected chi connectivity index (χ1v) is 6.46. The van der Waals surface area contributed by atoms with E-state index in [-0.39, 0.29) is 11.2 Å². The van der Waals surface area contributed by atoms with E-state index in [1.807, 2.05) is 63.7 Å². The Morgan fingerprint density at radius 3 is 2.05 bits per heavy atom. The highest BCUT2D eigenvalue weighted by Gasteiger charge is 2.52. The van der Waals surface area contributed by atoms with Gasteiger partial charge in [-0.15, -0.1) is 0 Å². The van der Waals surface area contributed by atoms with Crippen LogP contribution in [0.2, 0.25) is 0 Å². The Hall–Kier alpha value is -1.33. The van der Waals surface area contributed by atoms with Crippen molar-refractivity contribution in [2.75, 3.05) is 0 Å². The predicted molar refractivity (Wildman–Crippen MR) is 78.2 cm³/mol. The fraction of sp³-hybridized carbons (Fsp3) is 0.500. The van der Waals surface area contributed by atoms with Crippen LogP contribution in [-0.2, 0) is 9.31 Å². The summed E-state index contributed by atoms with van der Waals surface area (Å²) < 4.78 is 13.7. The van der Waals surface area contributed by atoms with Crippen LogP contribution in [0.15, 0.2) is 41.7 Å². The summed E-state index contributed by atoms with van der Waals surface area (Å²) in [7, 11) is -0.490. The molecule has 0 radical (unpaired) electrons. The van der Waals surface area contributed by atoms with E-state index in [0.29, 0.717) is 5.60 Å². The lowest BCUT2D eigenvalue weighted by Crippen LogP contribution is -2.41. The lowest BCUT2D eigenvalue weighted by atomic mass is 9.86. The minimum absolute atomic E-state index is 0.364. The molecule has 1 aliphatic rings. The van der Waals surface area contributed by atoms with Crippen molar-refractivity contribution in [1.82, 2.24) is 4.57 Å². The van der Waals surface area contributed by atoms with Gasteiger partial charge in [0.05, 0.1) is 16.8 Å². The van der Waals surface area contributed by atoms with E-state index in [1.165, 1.54) is 0 Å². The average molecular weight is 260 g/mol. The SMILES string of the molecule is C=C(/N=C(\C)n1cccc1)B1OC(C)(C)C(C)(C)O1. The maximum Gasteiger partial charge on any atom is 0.513 e. The van der Waals surface area contributed by atoms with Gasteiger partial charge in [-0.2, -0.15) is 0 Å².